The Balaban J connectivity index is 1.87. The first-order valence-electron chi connectivity index (χ1n) is 10.1. The minimum absolute atomic E-state index is 0.385. The molecule has 0 aliphatic carbocycles. The molecule has 0 amide bonds. The molecule has 1 aromatic heterocycles. The van der Waals surface area contributed by atoms with Crippen molar-refractivity contribution in [3.63, 3.8) is 0 Å². The molecule has 1 saturated heterocycles. The van der Waals surface area contributed by atoms with E-state index in [0.717, 1.165) is 21.8 Å². The Morgan fingerprint density at radius 2 is 1.10 bits per heavy atom. The molecule has 0 spiro atoms. The molecular formula is C25H24BNO2. The minimum Gasteiger partial charge on any atom is -0.399 e. The van der Waals surface area contributed by atoms with Crippen molar-refractivity contribution in [2.45, 2.75) is 38.9 Å². The van der Waals surface area contributed by atoms with Gasteiger partial charge in [0.15, 0.2) is 0 Å². The third-order valence-corrected chi connectivity index (χ3v) is 6.43. The highest BCUT2D eigenvalue weighted by atomic mass is 16.7. The van der Waals surface area contributed by atoms with Crippen LogP contribution in [0.25, 0.3) is 32.7 Å². The van der Waals surface area contributed by atoms with Crippen LogP contribution in [0.2, 0.25) is 0 Å². The van der Waals surface area contributed by atoms with Gasteiger partial charge in [-0.1, -0.05) is 48.5 Å². The van der Waals surface area contributed by atoms with Crippen LogP contribution in [0.5, 0.6) is 0 Å². The van der Waals surface area contributed by atoms with Gasteiger partial charge in [-0.2, -0.15) is 0 Å². The van der Waals surface area contributed by atoms with Crippen molar-refractivity contribution in [3.8, 4) is 11.1 Å². The Bertz CT molecular complexity index is 1140. The average Bonchev–Trinajstić information content (AvgIpc) is 2.93. The zero-order valence-corrected chi connectivity index (χ0v) is 17.3. The summed E-state index contributed by atoms with van der Waals surface area (Å²) in [6.45, 7) is 8.40. The van der Waals surface area contributed by atoms with Crippen molar-refractivity contribution in [1.82, 2.24) is 4.98 Å². The molecule has 0 atom stereocenters. The summed E-state index contributed by atoms with van der Waals surface area (Å²) in [5, 5.41) is 4.72. The molecule has 1 fully saturated rings. The predicted molar refractivity (Wildman–Crippen MR) is 120 cm³/mol. The number of hydrogen-bond acceptors (Lipinski definition) is 3. The summed E-state index contributed by atoms with van der Waals surface area (Å²) >= 11 is 0. The van der Waals surface area contributed by atoms with Crippen LogP contribution in [0.1, 0.15) is 27.7 Å². The summed E-state index contributed by atoms with van der Waals surface area (Å²) in [7, 11) is -0.415. The topological polar surface area (TPSA) is 31.4 Å². The van der Waals surface area contributed by atoms with Gasteiger partial charge < -0.3 is 9.31 Å². The molecular weight excluding hydrogens is 357 g/mol. The van der Waals surface area contributed by atoms with E-state index in [1.165, 1.54) is 16.3 Å². The molecule has 0 bridgehead atoms. The number of benzene rings is 3. The van der Waals surface area contributed by atoms with Crippen LogP contribution in [0, 0.1) is 0 Å². The van der Waals surface area contributed by atoms with Crippen molar-refractivity contribution < 1.29 is 9.31 Å². The van der Waals surface area contributed by atoms with E-state index in [4.69, 9.17) is 9.31 Å². The van der Waals surface area contributed by atoms with Crippen LogP contribution in [-0.4, -0.2) is 23.3 Å². The summed E-state index contributed by atoms with van der Waals surface area (Å²) in [5.41, 5.74) is 2.72. The lowest BCUT2D eigenvalue weighted by molar-refractivity contribution is 0.00578. The number of hydrogen-bond donors (Lipinski definition) is 0. The van der Waals surface area contributed by atoms with Crippen molar-refractivity contribution in [3.05, 3.63) is 73.1 Å². The molecule has 0 N–H and O–H groups in total. The predicted octanol–water partition coefficient (Wildman–Crippen LogP) is 5.35. The average molecular weight is 381 g/mol. The smallest absolute Gasteiger partial charge is 0.399 e. The van der Waals surface area contributed by atoms with Gasteiger partial charge in [-0.15, -0.1) is 0 Å². The molecule has 1 aliphatic heterocycles. The van der Waals surface area contributed by atoms with Crippen LogP contribution in [-0.2, 0) is 9.31 Å². The SMILES string of the molecule is CC1(C)OB(c2c3ccccc3c(-c3ccncc3)c3ccccc23)OC1(C)C. The highest BCUT2D eigenvalue weighted by Gasteiger charge is 2.52. The summed E-state index contributed by atoms with van der Waals surface area (Å²) < 4.78 is 13.0. The maximum Gasteiger partial charge on any atom is 0.496 e. The van der Waals surface area contributed by atoms with Gasteiger partial charge in [0.25, 0.3) is 0 Å². The van der Waals surface area contributed by atoms with Gasteiger partial charge in [0.1, 0.15) is 0 Å². The van der Waals surface area contributed by atoms with E-state index < -0.39 is 7.12 Å². The molecule has 0 radical (unpaired) electrons. The number of pyridine rings is 1. The van der Waals surface area contributed by atoms with E-state index >= 15 is 0 Å². The monoisotopic (exact) mass is 381 g/mol. The normalized spacial score (nSPS) is 17.9. The standard InChI is InChI=1S/C25H24BNO2/c1-24(2)25(3,4)29-26(28-24)23-20-11-7-5-9-18(20)22(17-13-15-27-16-14-17)19-10-6-8-12-21(19)23/h5-16H,1-4H3. The van der Waals surface area contributed by atoms with Crippen molar-refractivity contribution in [1.29, 1.82) is 0 Å². The fraction of sp³-hybridized carbons (Fsp3) is 0.240. The number of rotatable bonds is 2. The van der Waals surface area contributed by atoms with E-state index in [-0.39, 0.29) is 11.2 Å². The first-order chi connectivity index (χ1) is 13.9. The van der Waals surface area contributed by atoms with Gasteiger partial charge in [-0.05, 0) is 78.0 Å². The molecule has 3 aromatic carbocycles. The van der Waals surface area contributed by atoms with Crippen LogP contribution >= 0.6 is 0 Å². The lowest BCUT2D eigenvalue weighted by Gasteiger charge is -2.32. The fourth-order valence-corrected chi connectivity index (χ4v) is 4.21. The second-order valence-electron chi connectivity index (χ2n) is 8.70. The van der Waals surface area contributed by atoms with E-state index in [9.17, 15) is 0 Å². The second kappa shape index (κ2) is 6.41. The number of aromatic nitrogens is 1. The van der Waals surface area contributed by atoms with Gasteiger partial charge in [0.05, 0.1) is 11.2 Å². The Morgan fingerprint density at radius 1 is 0.655 bits per heavy atom. The Kier molecular flexibility index (Phi) is 4.06. The molecule has 29 heavy (non-hydrogen) atoms. The summed E-state index contributed by atoms with van der Waals surface area (Å²) in [6.07, 6.45) is 3.70. The first-order valence-corrected chi connectivity index (χ1v) is 10.1. The third kappa shape index (κ3) is 2.78. The van der Waals surface area contributed by atoms with Crippen LogP contribution in [0.15, 0.2) is 73.1 Å². The Labute approximate surface area is 171 Å². The largest absolute Gasteiger partial charge is 0.496 e. The number of nitrogens with zero attached hydrogens (tertiary/aromatic N) is 1. The maximum atomic E-state index is 6.48. The molecule has 144 valence electrons. The summed E-state index contributed by atoms with van der Waals surface area (Å²) in [5.74, 6) is 0. The van der Waals surface area contributed by atoms with E-state index in [2.05, 4.69) is 93.3 Å². The quantitative estimate of drug-likeness (QED) is 0.346. The van der Waals surface area contributed by atoms with Gasteiger partial charge in [0.2, 0.25) is 0 Å². The fourth-order valence-electron chi connectivity index (χ4n) is 4.21. The summed E-state index contributed by atoms with van der Waals surface area (Å²) in [4.78, 5) is 4.20. The molecule has 1 aliphatic rings. The van der Waals surface area contributed by atoms with Crippen LogP contribution < -0.4 is 5.46 Å². The zero-order valence-electron chi connectivity index (χ0n) is 17.3. The molecule has 4 heteroatoms. The summed E-state index contributed by atoms with van der Waals surface area (Å²) in [6, 6.07) is 21.2. The molecule has 2 heterocycles. The van der Waals surface area contributed by atoms with Crippen LogP contribution in [0.3, 0.4) is 0 Å². The lowest BCUT2D eigenvalue weighted by Crippen LogP contribution is -2.41. The van der Waals surface area contributed by atoms with E-state index in [1.54, 1.807) is 0 Å². The molecule has 0 saturated carbocycles. The van der Waals surface area contributed by atoms with E-state index in [0.29, 0.717) is 0 Å². The van der Waals surface area contributed by atoms with E-state index in [1.807, 2.05) is 12.4 Å². The lowest BCUT2D eigenvalue weighted by atomic mass is 9.71. The first kappa shape index (κ1) is 18.4. The third-order valence-electron chi connectivity index (χ3n) is 6.43. The van der Waals surface area contributed by atoms with Gasteiger partial charge in [-0.3, -0.25) is 4.98 Å². The second-order valence-corrected chi connectivity index (χ2v) is 8.70. The van der Waals surface area contributed by atoms with Crippen LogP contribution in [0.4, 0.5) is 0 Å². The van der Waals surface area contributed by atoms with Crippen molar-refractivity contribution in [2.75, 3.05) is 0 Å². The molecule has 5 rings (SSSR count). The molecule has 4 aromatic rings. The molecule has 3 nitrogen and oxygen atoms in total. The zero-order chi connectivity index (χ0) is 20.2. The highest BCUT2D eigenvalue weighted by Crippen LogP contribution is 2.40. The van der Waals surface area contributed by atoms with Crippen molar-refractivity contribution in [2.24, 2.45) is 0 Å². The minimum atomic E-state index is -0.415. The van der Waals surface area contributed by atoms with Crippen molar-refractivity contribution >= 4 is 34.1 Å². The Morgan fingerprint density at radius 3 is 1.59 bits per heavy atom. The highest BCUT2D eigenvalue weighted by molar-refractivity contribution is 6.68. The van der Waals surface area contributed by atoms with Gasteiger partial charge >= 0.3 is 7.12 Å². The maximum absolute atomic E-state index is 6.48. The number of fused-ring (bicyclic) bond motifs is 2. The van der Waals surface area contributed by atoms with Gasteiger partial charge in [0, 0.05) is 12.4 Å². The Hall–Kier alpha value is -2.69. The van der Waals surface area contributed by atoms with Gasteiger partial charge in [-0.25, -0.2) is 0 Å². The molecule has 0 unspecified atom stereocenters.